The maximum absolute atomic E-state index is 12.5. The molecule has 0 bridgehead atoms. The second-order valence-electron chi connectivity index (χ2n) is 10.6. The van der Waals surface area contributed by atoms with E-state index in [1.807, 2.05) is 6.20 Å². The lowest BCUT2D eigenvalue weighted by Gasteiger charge is -2.35. The number of carbonyl (C=O) groups is 1. The van der Waals surface area contributed by atoms with E-state index in [1.54, 1.807) is 24.3 Å². The molecule has 2 fully saturated rings. The molecule has 0 aliphatic carbocycles. The lowest BCUT2D eigenvalue weighted by atomic mass is 9.88. The third kappa shape index (κ3) is 6.25. The average Bonchev–Trinajstić information content (AvgIpc) is 3.37. The van der Waals surface area contributed by atoms with Gasteiger partial charge in [0.2, 0.25) is 0 Å². The highest BCUT2D eigenvalue weighted by Crippen LogP contribution is 2.34. The van der Waals surface area contributed by atoms with E-state index in [0.29, 0.717) is 21.5 Å². The number of rotatable bonds is 8. The van der Waals surface area contributed by atoms with Gasteiger partial charge in [0.15, 0.2) is 5.78 Å². The van der Waals surface area contributed by atoms with Crippen LogP contribution in [0, 0.1) is 5.92 Å². The summed E-state index contributed by atoms with van der Waals surface area (Å²) < 4.78 is 0. The maximum Gasteiger partial charge on any atom is 0.187 e. The number of likely N-dealkylation sites (tertiary alicyclic amines) is 2. The Bertz CT molecular complexity index is 1250. The van der Waals surface area contributed by atoms with E-state index in [0.717, 1.165) is 25.4 Å². The van der Waals surface area contributed by atoms with Gasteiger partial charge in [0.1, 0.15) is 0 Å². The zero-order chi connectivity index (χ0) is 25.8. The van der Waals surface area contributed by atoms with Gasteiger partial charge in [-0.05, 0) is 99.3 Å². The van der Waals surface area contributed by atoms with Crippen molar-refractivity contribution in [3.8, 4) is 0 Å². The van der Waals surface area contributed by atoms with Crippen molar-refractivity contribution in [2.45, 2.75) is 51.4 Å². The highest BCUT2D eigenvalue weighted by molar-refractivity contribution is 6.42. The van der Waals surface area contributed by atoms with Crippen molar-refractivity contribution >= 4 is 39.9 Å². The fraction of sp³-hybridized carbons (Fsp3) is 0.452. The van der Waals surface area contributed by atoms with Crippen molar-refractivity contribution in [3.63, 3.8) is 0 Å². The molecule has 2 aliphatic heterocycles. The number of halogens is 2. The molecular formula is C31H37Cl2N3O. The number of hydrogen-bond donors (Lipinski definition) is 1. The summed E-state index contributed by atoms with van der Waals surface area (Å²) in [4.78, 5) is 21.0. The van der Waals surface area contributed by atoms with Crippen LogP contribution in [-0.2, 0) is 6.42 Å². The van der Waals surface area contributed by atoms with E-state index in [4.69, 9.17) is 23.2 Å². The molecule has 1 aromatic heterocycles. The number of benzene rings is 2. The summed E-state index contributed by atoms with van der Waals surface area (Å²) in [5.74, 6) is 1.40. The van der Waals surface area contributed by atoms with E-state index >= 15 is 0 Å². The number of aromatic nitrogens is 1. The van der Waals surface area contributed by atoms with Crippen LogP contribution in [0.2, 0.25) is 10.0 Å². The van der Waals surface area contributed by atoms with Gasteiger partial charge in [0, 0.05) is 48.0 Å². The highest BCUT2D eigenvalue weighted by Gasteiger charge is 2.24. The van der Waals surface area contributed by atoms with Gasteiger partial charge in [-0.15, -0.1) is 0 Å². The molecule has 0 spiro atoms. The number of ketones is 1. The second-order valence-corrected chi connectivity index (χ2v) is 11.4. The summed E-state index contributed by atoms with van der Waals surface area (Å²) in [7, 11) is 0. The number of fused-ring (bicyclic) bond motifs is 1. The maximum atomic E-state index is 12.5. The molecule has 3 aromatic rings. The molecule has 5 rings (SSSR count). The van der Waals surface area contributed by atoms with Crippen molar-refractivity contribution in [1.82, 2.24) is 14.8 Å². The Hall–Kier alpha value is -2.27. The molecule has 196 valence electrons. The first-order valence-corrected chi connectivity index (χ1v) is 14.5. The van der Waals surface area contributed by atoms with E-state index in [9.17, 15) is 4.79 Å². The number of piperidine rings is 2. The molecule has 2 aliphatic rings. The minimum Gasteiger partial charge on any atom is -0.377 e. The van der Waals surface area contributed by atoms with Gasteiger partial charge >= 0.3 is 0 Å². The van der Waals surface area contributed by atoms with Gasteiger partial charge in [-0.3, -0.25) is 4.79 Å². The molecule has 2 aromatic carbocycles. The van der Waals surface area contributed by atoms with E-state index in [1.165, 1.54) is 73.8 Å². The number of H-pyrrole nitrogens is 1. The summed E-state index contributed by atoms with van der Waals surface area (Å²) in [5, 5.41) is 2.31. The normalized spacial score (nSPS) is 18.3. The topological polar surface area (TPSA) is 39.3 Å². The number of aromatic amines is 1. The number of nitrogens with zero attached hydrogens (tertiary/aromatic N) is 2. The average molecular weight is 539 g/mol. The van der Waals surface area contributed by atoms with Crippen molar-refractivity contribution in [2.75, 3.05) is 32.7 Å². The molecule has 1 N–H and O–H groups in total. The van der Waals surface area contributed by atoms with Gasteiger partial charge in [-0.25, -0.2) is 0 Å². The summed E-state index contributed by atoms with van der Waals surface area (Å²) in [6.45, 7) is 7.86. The van der Waals surface area contributed by atoms with Crippen LogP contribution in [0.15, 0.2) is 54.9 Å². The smallest absolute Gasteiger partial charge is 0.187 e. The number of para-hydroxylation sites is 1. The van der Waals surface area contributed by atoms with Crippen LogP contribution in [0.1, 0.15) is 66.4 Å². The Kier molecular flexibility index (Phi) is 8.59. The molecule has 2 saturated heterocycles. The lowest BCUT2D eigenvalue weighted by molar-refractivity contribution is 0.104. The molecule has 0 saturated carbocycles. The Morgan fingerprint density at radius 3 is 2.54 bits per heavy atom. The minimum atomic E-state index is -0.0393. The standard InChI is InChI=1S/C31H37Cl2N3O/c1-2-23-4-3-5-26-27(21-34-31(23)26)24-11-17-36(18-12-24)16-10-22-8-14-35(15-9-22)19-13-30(37)25-6-7-28(32)29(33)20-25/h3-7,13,19-22,24,34H,2,8-12,14-18H2,1H3/b19-13+. The Labute approximate surface area is 230 Å². The first-order valence-electron chi connectivity index (χ1n) is 13.7. The molecule has 0 amide bonds. The summed E-state index contributed by atoms with van der Waals surface area (Å²) in [5.41, 5.74) is 4.84. The number of nitrogens with one attached hydrogen (secondary N) is 1. The second kappa shape index (κ2) is 12.1. The van der Waals surface area contributed by atoms with E-state index in [-0.39, 0.29) is 5.78 Å². The van der Waals surface area contributed by atoms with E-state index in [2.05, 4.69) is 46.1 Å². The zero-order valence-electron chi connectivity index (χ0n) is 21.7. The van der Waals surface area contributed by atoms with Crippen LogP contribution in [0.25, 0.3) is 10.9 Å². The van der Waals surface area contributed by atoms with Gasteiger partial charge < -0.3 is 14.8 Å². The van der Waals surface area contributed by atoms with Crippen LogP contribution < -0.4 is 0 Å². The minimum absolute atomic E-state index is 0.0393. The summed E-state index contributed by atoms with van der Waals surface area (Å²) in [6, 6.07) is 11.8. The number of aryl methyl sites for hydroxylation is 1. The highest BCUT2D eigenvalue weighted by atomic mass is 35.5. The van der Waals surface area contributed by atoms with Crippen LogP contribution >= 0.6 is 23.2 Å². The van der Waals surface area contributed by atoms with Gasteiger partial charge in [0.25, 0.3) is 0 Å². The first kappa shape index (κ1) is 26.3. The summed E-state index contributed by atoms with van der Waals surface area (Å²) in [6.07, 6.45) is 13.1. The van der Waals surface area contributed by atoms with Gasteiger partial charge in [-0.2, -0.15) is 0 Å². The fourth-order valence-electron chi connectivity index (χ4n) is 6.01. The van der Waals surface area contributed by atoms with Crippen LogP contribution in [0.5, 0.6) is 0 Å². The van der Waals surface area contributed by atoms with E-state index < -0.39 is 0 Å². The Morgan fingerprint density at radius 1 is 1.03 bits per heavy atom. The molecule has 6 heteroatoms. The lowest BCUT2D eigenvalue weighted by Crippen LogP contribution is -2.36. The SMILES string of the molecule is CCc1cccc2c(C3CCN(CCC4CCN(/C=C/C(=O)c5ccc(Cl)c(Cl)c5)CC4)CC3)c[nH]c12. The largest absolute Gasteiger partial charge is 0.377 e. The molecule has 0 radical (unpaired) electrons. The third-order valence-corrected chi connectivity index (χ3v) is 9.12. The predicted octanol–water partition coefficient (Wildman–Crippen LogP) is 7.72. The van der Waals surface area contributed by atoms with Crippen molar-refractivity contribution < 1.29 is 4.79 Å². The monoisotopic (exact) mass is 537 g/mol. The van der Waals surface area contributed by atoms with Gasteiger partial charge in [0.05, 0.1) is 10.0 Å². The zero-order valence-corrected chi connectivity index (χ0v) is 23.2. The number of hydrogen-bond acceptors (Lipinski definition) is 3. The number of allylic oxidation sites excluding steroid dienone is 1. The van der Waals surface area contributed by atoms with Crippen molar-refractivity contribution in [3.05, 3.63) is 81.6 Å². The van der Waals surface area contributed by atoms with Gasteiger partial charge in [-0.1, -0.05) is 48.3 Å². The third-order valence-electron chi connectivity index (χ3n) is 8.39. The molecule has 0 atom stereocenters. The van der Waals surface area contributed by atoms with Crippen molar-refractivity contribution in [2.24, 2.45) is 5.92 Å². The quantitative estimate of drug-likeness (QED) is 0.236. The molecule has 3 heterocycles. The molecule has 0 unspecified atom stereocenters. The predicted molar refractivity (Wildman–Crippen MR) is 155 cm³/mol. The van der Waals surface area contributed by atoms with Crippen LogP contribution in [0.3, 0.4) is 0 Å². The Morgan fingerprint density at radius 2 is 1.81 bits per heavy atom. The van der Waals surface area contributed by atoms with Crippen LogP contribution in [-0.4, -0.2) is 53.3 Å². The molecule has 4 nitrogen and oxygen atoms in total. The van der Waals surface area contributed by atoms with Crippen molar-refractivity contribution in [1.29, 1.82) is 0 Å². The Balaban J connectivity index is 1.04. The molecule has 37 heavy (non-hydrogen) atoms. The summed E-state index contributed by atoms with van der Waals surface area (Å²) >= 11 is 12.0. The number of carbonyl (C=O) groups excluding carboxylic acids is 1. The fourth-order valence-corrected chi connectivity index (χ4v) is 6.31. The molecular weight excluding hydrogens is 501 g/mol. The first-order chi connectivity index (χ1) is 18.0. The van der Waals surface area contributed by atoms with Crippen LogP contribution in [0.4, 0.5) is 0 Å².